The van der Waals surface area contributed by atoms with Crippen molar-refractivity contribution >= 4 is 11.9 Å². The lowest BCUT2D eigenvalue weighted by Gasteiger charge is -2.32. The number of esters is 2. The molecule has 0 bridgehead atoms. The van der Waals surface area contributed by atoms with Crippen LogP contribution in [0.1, 0.15) is 18.6 Å². The van der Waals surface area contributed by atoms with Gasteiger partial charge in [0.1, 0.15) is 12.2 Å². The first-order valence-electron chi connectivity index (χ1n) is 6.46. The number of rotatable bonds is 4. The number of aliphatic hydroxyl groups excluding tert-OH is 2. The van der Waals surface area contributed by atoms with Crippen molar-refractivity contribution in [2.45, 2.75) is 31.3 Å². The third-order valence-electron chi connectivity index (χ3n) is 3.09. The molecule has 0 amide bonds. The van der Waals surface area contributed by atoms with E-state index >= 15 is 0 Å². The Bertz CT molecular complexity index is 538. The lowest BCUT2D eigenvalue weighted by atomic mass is 9.96. The fraction of sp³-hybridized carbons (Fsp3) is 0.333. The molecule has 6 heteroatoms. The second-order valence-electron chi connectivity index (χ2n) is 4.68. The van der Waals surface area contributed by atoms with Crippen LogP contribution >= 0.6 is 0 Å². The molecule has 112 valence electrons. The molecular weight excluding hydrogens is 276 g/mol. The fourth-order valence-electron chi connectivity index (χ4n) is 2.13. The Morgan fingerprint density at radius 3 is 2.62 bits per heavy atom. The number of cyclic esters (lactones) is 1. The zero-order valence-corrected chi connectivity index (χ0v) is 11.4. The maximum atomic E-state index is 11.3. The fourth-order valence-corrected chi connectivity index (χ4v) is 2.13. The van der Waals surface area contributed by atoms with E-state index in [1.807, 2.05) is 0 Å². The predicted octanol–water partition coefficient (Wildman–Crippen LogP) is 0.494. The highest BCUT2D eigenvalue weighted by atomic mass is 16.6. The largest absolute Gasteiger partial charge is 0.455 e. The highest BCUT2D eigenvalue weighted by molar-refractivity contribution is 5.83. The van der Waals surface area contributed by atoms with Crippen LogP contribution in [-0.4, -0.2) is 40.5 Å². The van der Waals surface area contributed by atoms with Gasteiger partial charge in [-0.25, -0.2) is 4.79 Å². The smallest absolute Gasteiger partial charge is 0.330 e. The number of carbonyl (C=O) groups excluding carboxylic acids is 2. The molecular formula is C15H16O6. The number of aliphatic hydroxyl groups is 2. The molecule has 0 saturated carbocycles. The summed E-state index contributed by atoms with van der Waals surface area (Å²) in [5.41, 5.74) is 0.540. The van der Waals surface area contributed by atoms with Crippen molar-refractivity contribution < 1.29 is 29.3 Å². The van der Waals surface area contributed by atoms with Crippen molar-refractivity contribution in [1.29, 1.82) is 0 Å². The van der Waals surface area contributed by atoms with Crippen molar-refractivity contribution in [3.05, 3.63) is 48.0 Å². The Kier molecular flexibility index (Phi) is 4.72. The summed E-state index contributed by atoms with van der Waals surface area (Å²) in [6.07, 6.45) is -2.48. The highest BCUT2D eigenvalue weighted by Crippen LogP contribution is 2.27. The molecule has 1 aliphatic heterocycles. The minimum atomic E-state index is -1.39. The van der Waals surface area contributed by atoms with Crippen LogP contribution in [0.4, 0.5) is 0 Å². The average Bonchev–Trinajstić information content (AvgIpc) is 2.47. The molecule has 1 aromatic rings. The summed E-state index contributed by atoms with van der Waals surface area (Å²) >= 11 is 0. The van der Waals surface area contributed by atoms with Crippen LogP contribution in [-0.2, 0) is 19.1 Å². The highest BCUT2D eigenvalue weighted by Gasteiger charge is 2.38. The van der Waals surface area contributed by atoms with E-state index in [9.17, 15) is 19.8 Å². The van der Waals surface area contributed by atoms with Gasteiger partial charge in [0.25, 0.3) is 0 Å². The minimum Gasteiger partial charge on any atom is -0.455 e. The first kappa shape index (κ1) is 15.2. The van der Waals surface area contributed by atoms with Crippen molar-refractivity contribution in [3.8, 4) is 0 Å². The number of hydrogen-bond donors (Lipinski definition) is 2. The van der Waals surface area contributed by atoms with Gasteiger partial charge in [-0.3, -0.25) is 4.79 Å². The van der Waals surface area contributed by atoms with Crippen molar-refractivity contribution in [2.75, 3.05) is 0 Å². The summed E-state index contributed by atoms with van der Waals surface area (Å²) in [6, 6.07) is 8.57. The molecule has 6 nitrogen and oxygen atoms in total. The second kappa shape index (κ2) is 6.51. The normalized spacial score (nSPS) is 24.0. The van der Waals surface area contributed by atoms with E-state index in [0.29, 0.717) is 5.56 Å². The van der Waals surface area contributed by atoms with Gasteiger partial charge in [0.2, 0.25) is 0 Å². The van der Waals surface area contributed by atoms with Crippen LogP contribution < -0.4 is 0 Å². The van der Waals surface area contributed by atoms with Gasteiger partial charge in [-0.15, -0.1) is 0 Å². The molecule has 1 heterocycles. The van der Waals surface area contributed by atoms with E-state index in [0.717, 1.165) is 6.08 Å². The third kappa shape index (κ3) is 3.68. The number of ether oxygens (including phenoxy) is 2. The summed E-state index contributed by atoms with van der Waals surface area (Å²) in [5.74, 6) is -1.26. The molecule has 2 rings (SSSR count). The van der Waals surface area contributed by atoms with Crippen molar-refractivity contribution in [1.82, 2.24) is 0 Å². The van der Waals surface area contributed by atoms with Crippen LogP contribution in [0.5, 0.6) is 0 Å². The molecule has 0 saturated heterocycles. The van der Waals surface area contributed by atoms with E-state index in [4.69, 9.17) is 9.47 Å². The van der Waals surface area contributed by atoms with E-state index < -0.39 is 36.4 Å². The molecule has 4 atom stereocenters. The van der Waals surface area contributed by atoms with Gasteiger partial charge in [-0.05, 0) is 11.6 Å². The molecule has 0 aromatic heterocycles. The molecule has 0 unspecified atom stereocenters. The number of hydrogen-bond acceptors (Lipinski definition) is 6. The predicted molar refractivity (Wildman–Crippen MR) is 72.0 cm³/mol. The Morgan fingerprint density at radius 2 is 2.00 bits per heavy atom. The third-order valence-corrected chi connectivity index (χ3v) is 3.09. The van der Waals surface area contributed by atoms with E-state index in [1.165, 1.54) is 13.0 Å². The van der Waals surface area contributed by atoms with E-state index in [-0.39, 0.29) is 0 Å². The summed E-state index contributed by atoms with van der Waals surface area (Å²) in [7, 11) is 0. The molecule has 1 aromatic carbocycles. The van der Waals surface area contributed by atoms with Gasteiger partial charge in [0, 0.05) is 13.0 Å². The monoisotopic (exact) mass is 292 g/mol. The van der Waals surface area contributed by atoms with Gasteiger partial charge in [-0.1, -0.05) is 30.3 Å². The summed E-state index contributed by atoms with van der Waals surface area (Å²) < 4.78 is 10.0. The van der Waals surface area contributed by atoms with E-state index in [1.54, 1.807) is 30.3 Å². The summed E-state index contributed by atoms with van der Waals surface area (Å²) in [5, 5.41) is 20.2. The zero-order chi connectivity index (χ0) is 15.4. The van der Waals surface area contributed by atoms with E-state index in [2.05, 4.69) is 0 Å². The maximum Gasteiger partial charge on any atom is 0.330 e. The Labute approximate surface area is 121 Å². The average molecular weight is 292 g/mol. The van der Waals surface area contributed by atoms with Crippen molar-refractivity contribution in [2.24, 2.45) is 0 Å². The topological polar surface area (TPSA) is 93.1 Å². The molecule has 0 fully saturated rings. The van der Waals surface area contributed by atoms with Crippen LogP contribution in [0.15, 0.2) is 42.5 Å². The Hall–Kier alpha value is -2.18. The number of benzene rings is 1. The van der Waals surface area contributed by atoms with Gasteiger partial charge >= 0.3 is 11.9 Å². The standard InChI is InChI=1S/C15H16O6/c1-9(16)20-14(10-5-3-2-4-6-10)13(19)15-11(17)7-8-12(18)21-15/h2-8,11,13-15,17,19H,1H3/t11-,13-,14+,15+/m0/s1. The Balaban J connectivity index is 2.26. The lowest BCUT2D eigenvalue weighted by Crippen LogP contribution is -2.46. The lowest BCUT2D eigenvalue weighted by molar-refractivity contribution is -0.176. The van der Waals surface area contributed by atoms with Gasteiger partial charge in [-0.2, -0.15) is 0 Å². The first-order chi connectivity index (χ1) is 9.99. The quantitative estimate of drug-likeness (QED) is 0.785. The van der Waals surface area contributed by atoms with Crippen LogP contribution in [0.2, 0.25) is 0 Å². The first-order valence-corrected chi connectivity index (χ1v) is 6.46. The van der Waals surface area contributed by atoms with Crippen LogP contribution in [0.25, 0.3) is 0 Å². The van der Waals surface area contributed by atoms with Crippen molar-refractivity contribution in [3.63, 3.8) is 0 Å². The molecule has 1 aliphatic rings. The van der Waals surface area contributed by atoms with Gasteiger partial charge in [0.15, 0.2) is 12.2 Å². The zero-order valence-electron chi connectivity index (χ0n) is 11.4. The van der Waals surface area contributed by atoms with Gasteiger partial charge in [0.05, 0.1) is 0 Å². The summed E-state index contributed by atoms with van der Waals surface area (Å²) in [4.78, 5) is 22.5. The summed E-state index contributed by atoms with van der Waals surface area (Å²) in [6.45, 7) is 1.21. The molecule has 0 radical (unpaired) electrons. The molecule has 21 heavy (non-hydrogen) atoms. The second-order valence-corrected chi connectivity index (χ2v) is 4.68. The molecule has 0 aliphatic carbocycles. The van der Waals surface area contributed by atoms with Crippen LogP contribution in [0.3, 0.4) is 0 Å². The minimum absolute atomic E-state index is 0.540. The SMILES string of the molecule is CC(=O)O[C@H](c1ccccc1)[C@H](O)[C@@H]1OC(=O)C=C[C@@H]1O. The molecule has 2 N–H and O–H groups in total. The van der Waals surface area contributed by atoms with Crippen LogP contribution in [0, 0.1) is 0 Å². The van der Waals surface area contributed by atoms with Gasteiger partial charge < -0.3 is 19.7 Å². The Morgan fingerprint density at radius 1 is 1.33 bits per heavy atom. The molecule has 0 spiro atoms. The maximum absolute atomic E-state index is 11.3. The number of carbonyl (C=O) groups is 2.